The van der Waals surface area contributed by atoms with Crippen LogP contribution in [0.4, 0.5) is 0 Å². The summed E-state index contributed by atoms with van der Waals surface area (Å²) in [7, 11) is 0. The van der Waals surface area contributed by atoms with Crippen LogP contribution in [0.2, 0.25) is 0 Å². The number of hydrogen-bond acceptors (Lipinski definition) is 4. The molecule has 3 heterocycles. The minimum Gasteiger partial charge on any atom is -0.353 e. The largest absolute Gasteiger partial charge is 0.353 e. The highest BCUT2D eigenvalue weighted by atomic mass is 16.2. The van der Waals surface area contributed by atoms with E-state index in [2.05, 4.69) is 44.4 Å². The zero-order valence-corrected chi connectivity index (χ0v) is 17.2. The van der Waals surface area contributed by atoms with Gasteiger partial charge in [-0.1, -0.05) is 18.2 Å². The van der Waals surface area contributed by atoms with Crippen LogP contribution in [0.3, 0.4) is 0 Å². The number of aromatic nitrogens is 1. The van der Waals surface area contributed by atoms with Crippen LogP contribution in [0.25, 0.3) is 10.9 Å². The van der Waals surface area contributed by atoms with Crippen LogP contribution < -0.4 is 5.32 Å². The van der Waals surface area contributed by atoms with Gasteiger partial charge in [-0.2, -0.15) is 0 Å². The average Bonchev–Trinajstić information content (AvgIpc) is 3.59. The van der Waals surface area contributed by atoms with Crippen LogP contribution >= 0.6 is 0 Å². The molecule has 0 spiro atoms. The Morgan fingerprint density at radius 1 is 1.03 bits per heavy atom. The van der Waals surface area contributed by atoms with E-state index in [9.17, 15) is 4.79 Å². The number of nitrogens with one attached hydrogen (secondary N) is 1. The van der Waals surface area contributed by atoms with E-state index < -0.39 is 0 Å². The van der Waals surface area contributed by atoms with Gasteiger partial charge in [-0.05, 0) is 75.9 Å². The maximum atomic E-state index is 12.5. The van der Waals surface area contributed by atoms with E-state index in [-0.39, 0.29) is 5.92 Å². The lowest BCUT2D eigenvalue weighted by atomic mass is 9.93. The van der Waals surface area contributed by atoms with Crippen molar-refractivity contribution in [3.8, 4) is 0 Å². The molecule has 1 aliphatic carbocycles. The number of nitrogens with zero attached hydrogens (tertiary/aromatic N) is 3. The van der Waals surface area contributed by atoms with Gasteiger partial charge in [0.15, 0.2) is 0 Å². The zero-order valence-electron chi connectivity index (χ0n) is 17.2. The van der Waals surface area contributed by atoms with Gasteiger partial charge in [0.25, 0.3) is 0 Å². The van der Waals surface area contributed by atoms with Crippen molar-refractivity contribution in [2.75, 3.05) is 26.2 Å². The van der Waals surface area contributed by atoms with E-state index in [0.717, 1.165) is 51.1 Å². The smallest absolute Gasteiger partial charge is 0.224 e. The first kappa shape index (κ1) is 19.0. The molecule has 1 aromatic heterocycles. The number of carbonyl (C=O) groups excluding carboxylic acids is 1. The summed E-state index contributed by atoms with van der Waals surface area (Å²) in [6.45, 7) is 5.39. The van der Waals surface area contributed by atoms with Crippen LogP contribution in [-0.2, 0) is 11.3 Å². The Bertz CT molecular complexity index is 852. The van der Waals surface area contributed by atoms with Gasteiger partial charge in [0.1, 0.15) is 0 Å². The third kappa shape index (κ3) is 4.46. The lowest BCUT2D eigenvalue weighted by molar-refractivity contribution is -0.127. The summed E-state index contributed by atoms with van der Waals surface area (Å²) in [5, 5.41) is 4.49. The molecule has 2 aliphatic heterocycles. The first-order valence-electron chi connectivity index (χ1n) is 11.4. The second-order valence-electron chi connectivity index (χ2n) is 9.11. The average molecular weight is 393 g/mol. The Hall–Kier alpha value is -1.98. The topological polar surface area (TPSA) is 48.5 Å². The second kappa shape index (κ2) is 8.41. The van der Waals surface area contributed by atoms with Gasteiger partial charge in [0, 0.05) is 36.8 Å². The molecule has 0 unspecified atom stereocenters. The van der Waals surface area contributed by atoms with E-state index in [1.165, 1.54) is 36.6 Å². The quantitative estimate of drug-likeness (QED) is 0.849. The summed E-state index contributed by atoms with van der Waals surface area (Å²) >= 11 is 0. The molecule has 0 radical (unpaired) electrons. The van der Waals surface area contributed by atoms with Crippen molar-refractivity contribution < 1.29 is 4.79 Å². The summed E-state index contributed by atoms with van der Waals surface area (Å²) < 4.78 is 0. The SMILES string of the molecule is O=C(NC1CC1)[C@@H]1CCCN(C2CCN(Cc3cccc4ncccc34)CC2)C1. The molecule has 1 aromatic carbocycles. The summed E-state index contributed by atoms with van der Waals surface area (Å²) in [5.41, 5.74) is 2.47. The number of piperidine rings is 2. The van der Waals surface area contributed by atoms with Gasteiger partial charge in [-0.3, -0.25) is 19.6 Å². The molecular formula is C24H32N4O. The summed E-state index contributed by atoms with van der Waals surface area (Å²) in [6, 6.07) is 11.8. The van der Waals surface area contributed by atoms with Crippen molar-refractivity contribution in [3.05, 3.63) is 42.1 Å². The first-order chi connectivity index (χ1) is 14.3. The number of hydrogen-bond donors (Lipinski definition) is 1. The second-order valence-corrected chi connectivity index (χ2v) is 9.11. The molecule has 1 amide bonds. The highest BCUT2D eigenvalue weighted by Crippen LogP contribution is 2.27. The molecule has 154 valence electrons. The van der Waals surface area contributed by atoms with Gasteiger partial charge < -0.3 is 5.32 Å². The van der Waals surface area contributed by atoms with Crippen molar-refractivity contribution in [2.45, 2.75) is 57.2 Å². The molecule has 5 rings (SSSR count). The van der Waals surface area contributed by atoms with Crippen LogP contribution in [0.15, 0.2) is 36.5 Å². The van der Waals surface area contributed by atoms with Crippen molar-refractivity contribution in [2.24, 2.45) is 5.92 Å². The van der Waals surface area contributed by atoms with Crippen molar-refractivity contribution >= 4 is 16.8 Å². The van der Waals surface area contributed by atoms with Gasteiger partial charge in [-0.25, -0.2) is 0 Å². The van der Waals surface area contributed by atoms with E-state index >= 15 is 0 Å². The number of likely N-dealkylation sites (tertiary alicyclic amines) is 2. The summed E-state index contributed by atoms with van der Waals surface area (Å²) in [6.07, 6.45) is 8.85. The Labute approximate surface area is 173 Å². The van der Waals surface area contributed by atoms with E-state index in [4.69, 9.17) is 0 Å². The van der Waals surface area contributed by atoms with E-state index in [0.29, 0.717) is 18.0 Å². The Morgan fingerprint density at radius 2 is 1.90 bits per heavy atom. The molecule has 3 aliphatic rings. The van der Waals surface area contributed by atoms with E-state index in [1.807, 2.05) is 12.3 Å². The predicted molar refractivity (Wildman–Crippen MR) is 116 cm³/mol. The number of carbonyl (C=O) groups is 1. The number of fused-ring (bicyclic) bond motifs is 1. The van der Waals surface area contributed by atoms with Gasteiger partial charge in [-0.15, -0.1) is 0 Å². The predicted octanol–water partition coefficient (Wildman–Crippen LogP) is 3.19. The molecule has 2 saturated heterocycles. The zero-order chi connectivity index (χ0) is 19.6. The fraction of sp³-hybridized carbons (Fsp3) is 0.583. The normalized spacial score (nSPS) is 24.6. The van der Waals surface area contributed by atoms with E-state index in [1.54, 1.807) is 0 Å². The third-order valence-corrected chi connectivity index (χ3v) is 6.95. The molecular weight excluding hydrogens is 360 g/mol. The van der Waals surface area contributed by atoms with Crippen molar-refractivity contribution in [1.82, 2.24) is 20.1 Å². The first-order valence-corrected chi connectivity index (χ1v) is 11.4. The molecule has 5 heteroatoms. The van der Waals surface area contributed by atoms with Crippen LogP contribution in [0.1, 0.15) is 44.1 Å². The minimum atomic E-state index is 0.200. The van der Waals surface area contributed by atoms with Gasteiger partial charge in [0.05, 0.1) is 11.4 Å². The fourth-order valence-electron chi connectivity index (χ4n) is 5.09. The molecule has 2 aromatic rings. The van der Waals surface area contributed by atoms with Gasteiger partial charge >= 0.3 is 0 Å². The maximum absolute atomic E-state index is 12.5. The highest BCUT2D eigenvalue weighted by Gasteiger charge is 2.33. The van der Waals surface area contributed by atoms with Crippen molar-refractivity contribution in [3.63, 3.8) is 0 Å². The van der Waals surface area contributed by atoms with Crippen LogP contribution in [0, 0.1) is 5.92 Å². The highest BCUT2D eigenvalue weighted by molar-refractivity contribution is 5.82. The molecule has 1 atom stereocenters. The van der Waals surface area contributed by atoms with Gasteiger partial charge in [0.2, 0.25) is 5.91 Å². The standard InChI is InChI=1S/C24H32N4O/c29-24(26-20-8-9-20)19-5-3-13-28(17-19)21-10-14-27(15-11-21)16-18-4-1-7-23-22(18)6-2-12-25-23/h1-2,4,6-7,12,19-21H,3,5,8-11,13-17H2,(H,26,29)/t19-/m1/s1. The van der Waals surface area contributed by atoms with Crippen LogP contribution in [-0.4, -0.2) is 59.0 Å². The maximum Gasteiger partial charge on any atom is 0.224 e. The third-order valence-electron chi connectivity index (χ3n) is 6.95. The molecule has 0 bridgehead atoms. The molecule has 1 saturated carbocycles. The Balaban J connectivity index is 1.15. The Morgan fingerprint density at radius 3 is 2.72 bits per heavy atom. The lowest BCUT2D eigenvalue weighted by Gasteiger charge is -2.42. The van der Waals surface area contributed by atoms with Crippen molar-refractivity contribution in [1.29, 1.82) is 0 Å². The summed E-state index contributed by atoms with van der Waals surface area (Å²) in [4.78, 5) is 22.2. The number of rotatable bonds is 5. The number of benzene rings is 1. The molecule has 5 nitrogen and oxygen atoms in total. The van der Waals surface area contributed by atoms with Crippen LogP contribution in [0.5, 0.6) is 0 Å². The number of amides is 1. The molecule has 1 N–H and O–H groups in total. The number of pyridine rings is 1. The fourth-order valence-corrected chi connectivity index (χ4v) is 5.09. The Kier molecular flexibility index (Phi) is 5.51. The monoisotopic (exact) mass is 392 g/mol. The lowest BCUT2D eigenvalue weighted by Crippen LogP contribution is -2.50. The molecule has 29 heavy (non-hydrogen) atoms. The molecule has 3 fully saturated rings. The minimum absolute atomic E-state index is 0.200. The summed E-state index contributed by atoms with van der Waals surface area (Å²) in [5.74, 6) is 0.504.